The smallest absolute Gasteiger partial charge is 0.188 e. The summed E-state index contributed by atoms with van der Waals surface area (Å²) < 4.78 is 0. The number of aromatic nitrogens is 1. The Kier molecular flexibility index (Phi) is 3.92. The van der Waals surface area contributed by atoms with Crippen molar-refractivity contribution in [3.8, 4) is 6.07 Å². The maximum Gasteiger partial charge on any atom is 0.188 e. The van der Waals surface area contributed by atoms with Crippen molar-refractivity contribution in [3.05, 3.63) is 10.0 Å². The van der Waals surface area contributed by atoms with Crippen LogP contribution in [0.3, 0.4) is 0 Å². The van der Waals surface area contributed by atoms with Gasteiger partial charge in [0.25, 0.3) is 0 Å². The highest BCUT2D eigenvalue weighted by atomic mass is 35.5. The van der Waals surface area contributed by atoms with Crippen LogP contribution in [0.5, 0.6) is 0 Å². The molecule has 1 aromatic rings. The number of thiazole rings is 1. The van der Waals surface area contributed by atoms with E-state index in [-0.39, 0.29) is 0 Å². The van der Waals surface area contributed by atoms with Crippen LogP contribution in [-0.2, 0) is 0 Å². The third-order valence-corrected chi connectivity index (χ3v) is 5.42. The molecule has 2 aliphatic heterocycles. The molecule has 1 aromatic heterocycles. The average molecular weight is 297 g/mol. The molecule has 19 heavy (non-hydrogen) atoms. The molecule has 0 aromatic carbocycles. The molecule has 0 amide bonds. The molecule has 1 N–H and O–H groups in total. The topological polar surface area (TPSA) is 52.0 Å². The summed E-state index contributed by atoms with van der Waals surface area (Å²) in [4.78, 5) is 7.28. The van der Waals surface area contributed by atoms with E-state index < -0.39 is 0 Å². The van der Waals surface area contributed by atoms with Crippen molar-refractivity contribution >= 4 is 28.1 Å². The summed E-state index contributed by atoms with van der Waals surface area (Å²) >= 11 is 7.43. The van der Waals surface area contributed by atoms with E-state index in [9.17, 15) is 0 Å². The van der Waals surface area contributed by atoms with Gasteiger partial charge in [-0.2, -0.15) is 5.26 Å². The highest BCUT2D eigenvalue weighted by Gasteiger charge is 2.33. The van der Waals surface area contributed by atoms with Gasteiger partial charge >= 0.3 is 0 Å². The van der Waals surface area contributed by atoms with Gasteiger partial charge in [0.2, 0.25) is 0 Å². The van der Waals surface area contributed by atoms with Crippen LogP contribution in [0, 0.1) is 11.3 Å². The zero-order valence-electron chi connectivity index (χ0n) is 10.7. The average Bonchev–Trinajstić information content (AvgIpc) is 3.07. The summed E-state index contributed by atoms with van der Waals surface area (Å²) in [6.45, 7) is 2.15. The summed E-state index contributed by atoms with van der Waals surface area (Å²) in [6.07, 6.45) is 6.19. The Balaban J connectivity index is 1.84. The molecule has 2 aliphatic rings. The Labute approximate surface area is 122 Å². The van der Waals surface area contributed by atoms with Crippen LogP contribution in [0.25, 0.3) is 0 Å². The molecule has 0 saturated carbocycles. The zero-order chi connectivity index (χ0) is 13.2. The third-order valence-electron chi connectivity index (χ3n) is 4.03. The van der Waals surface area contributed by atoms with Crippen LogP contribution in [0.1, 0.15) is 37.0 Å². The minimum Gasteiger partial charge on any atom is -0.343 e. The number of nitriles is 1. The van der Waals surface area contributed by atoms with Gasteiger partial charge in [-0.15, -0.1) is 0 Å². The zero-order valence-corrected chi connectivity index (χ0v) is 12.3. The number of nitrogens with one attached hydrogen (secondary N) is 1. The lowest BCUT2D eigenvalue weighted by Crippen LogP contribution is -2.50. The van der Waals surface area contributed by atoms with Gasteiger partial charge in [0, 0.05) is 18.6 Å². The van der Waals surface area contributed by atoms with Crippen LogP contribution in [0.2, 0.25) is 5.15 Å². The Morgan fingerprint density at radius 3 is 2.95 bits per heavy atom. The van der Waals surface area contributed by atoms with Gasteiger partial charge in [0.05, 0.1) is 0 Å². The van der Waals surface area contributed by atoms with Crippen molar-refractivity contribution in [1.82, 2.24) is 10.3 Å². The molecule has 2 fully saturated rings. The van der Waals surface area contributed by atoms with Gasteiger partial charge in [-0.1, -0.05) is 22.9 Å². The van der Waals surface area contributed by atoms with Crippen LogP contribution >= 0.6 is 22.9 Å². The number of halogens is 1. The van der Waals surface area contributed by atoms with Crippen molar-refractivity contribution in [3.63, 3.8) is 0 Å². The number of hydrogen-bond donors (Lipinski definition) is 1. The third kappa shape index (κ3) is 2.58. The molecule has 4 nitrogen and oxygen atoms in total. The fourth-order valence-corrected chi connectivity index (χ4v) is 4.26. The van der Waals surface area contributed by atoms with E-state index >= 15 is 0 Å². The summed E-state index contributed by atoms with van der Waals surface area (Å²) in [5.74, 6) is 0. The van der Waals surface area contributed by atoms with E-state index in [4.69, 9.17) is 16.9 Å². The van der Waals surface area contributed by atoms with Gasteiger partial charge < -0.3 is 10.2 Å². The van der Waals surface area contributed by atoms with Crippen molar-refractivity contribution in [2.24, 2.45) is 0 Å². The number of rotatable bonds is 2. The molecule has 102 valence electrons. The molecule has 0 bridgehead atoms. The first-order valence-electron chi connectivity index (χ1n) is 6.86. The Hall–Kier alpha value is -0.830. The second kappa shape index (κ2) is 5.66. The van der Waals surface area contributed by atoms with Crippen molar-refractivity contribution in [2.75, 3.05) is 18.0 Å². The first-order chi connectivity index (χ1) is 9.29. The largest absolute Gasteiger partial charge is 0.343 e. The lowest BCUT2D eigenvalue weighted by Gasteiger charge is -2.39. The van der Waals surface area contributed by atoms with Crippen LogP contribution < -0.4 is 10.2 Å². The molecule has 3 rings (SSSR count). The van der Waals surface area contributed by atoms with Crippen LogP contribution in [0.4, 0.5) is 5.13 Å². The Morgan fingerprint density at radius 1 is 1.37 bits per heavy atom. The molecule has 0 spiro atoms. The highest BCUT2D eigenvalue weighted by Crippen LogP contribution is 2.34. The van der Waals surface area contributed by atoms with Gasteiger partial charge in [-0.25, -0.2) is 4.98 Å². The van der Waals surface area contributed by atoms with E-state index in [1.807, 2.05) is 0 Å². The molecular weight excluding hydrogens is 280 g/mol. The molecule has 2 saturated heterocycles. The van der Waals surface area contributed by atoms with Gasteiger partial charge in [0.1, 0.15) is 10.9 Å². The van der Waals surface area contributed by atoms with Gasteiger partial charge in [-0.05, 0) is 38.6 Å². The van der Waals surface area contributed by atoms with E-state index in [0.717, 1.165) is 18.2 Å². The first kappa shape index (κ1) is 13.2. The number of nitrogens with zero attached hydrogens (tertiary/aromatic N) is 3. The molecule has 0 radical (unpaired) electrons. The number of piperidine rings is 1. The number of hydrogen-bond acceptors (Lipinski definition) is 5. The molecule has 6 heteroatoms. The predicted molar refractivity (Wildman–Crippen MR) is 77.8 cm³/mol. The van der Waals surface area contributed by atoms with Crippen LogP contribution in [-0.4, -0.2) is 30.2 Å². The molecule has 2 atom stereocenters. The standard InChI is InChI=1S/C13H17ClN4S/c14-12-11(8-15)19-13(17-12)18-7-2-1-5-10(18)9-4-3-6-16-9/h9-10,16H,1-7H2. The Bertz CT molecular complexity index is 489. The molecule has 2 unspecified atom stereocenters. The van der Waals surface area contributed by atoms with E-state index in [2.05, 4.69) is 21.3 Å². The van der Waals surface area contributed by atoms with E-state index in [1.165, 1.54) is 43.4 Å². The molecule has 3 heterocycles. The summed E-state index contributed by atoms with van der Waals surface area (Å²) in [6, 6.07) is 3.19. The predicted octanol–water partition coefficient (Wildman–Crippen LogP) is 2.78. The fraction of sp³-hybridized carbons (Fsp3) is 0.692. The Morgan fingerprint density at radius 2 is 2.26 bits per heavy atom. The monoisotopic (exact) mass is 296 g/mol. The summed E-state index contributed by atoms with van der Waals surface area (Å²) in [5, 5.41) is 13.9. The molecule has 0 aliphatic carbocycles. The second-order valence-corrected chi connectivity index (χ2v) is 6.52. The summed E-state index contributed by atoms with van der Waals surface area (Å²) in [5.41, 5.74) is 0. The SMILES string of the molecule is N#Cc1sc(N2CCCCC2C2CCCN2)nc1Cl. The highest BCUT2D eigenvalue weighted by molar-refractivity contribution is 7.16. The quantitative estimate of drug-likeness (QED) is 0.912. The fourth-order valence-electron chi connectivity index (χ4n) is 3.14. The number of anilines is 1. The van der Waals surface area contributed by atoms with Crippen molar-refractivity contribution in [2.45, 2.75) is 44.2 Å². The van der Waals surface area contributed by atoms with Crippen LogP contribution in [0.15, 0.2) is 0 Å². The maximum absolute atomic E-state index is 9.01. The molecular formula is C13H17ClN4S. The minimum absolute atomic E-state index is 0.353. The van der Waals surface area contributed by atoms with E-state index in [0.29, 0.717) is 22.1 Å². The first-order valence-corrected chi connectivity index (χ1v) is 8.05. The summed E-state index contributed by atoms with van der Waals surface area (Å²) in [7, 11) is 0. The maximum atomic E-state index is 9.01. The lowest BCUT2D eigenvalue weighted by molar-refractivity contribution is 0.378. The van der Waals surface area contributed by atoms with E-state index in [1.54, 1.807) is 0 Å². The van der Waals surface area contributed by atoms with Gasteiger partial charge in [0.15, 0.2) is 10.3 Å². The van der Waals surface area contributed by atoms with Crippen molar-refractivity contribution < 1.29 is 0 Å². The van der Waals surface area contributed by atoms with Crippen molar-refractivity contribution in [1.29, 1.82) is 5.26 Å². The normalized spacial score (nSPS) is 27.5. The van der Waals surface area contributed by atoms with Gasteiger partial charge in [-0.3, -0.25) is 0 Å². The second-order valence-electron chi connectivity index (χ2n) is 5.19. The lowest BCUT2D eigenvalue weighted by atomic mass is 9.95. The minimum atomic E-state index is 0.353.